The second-order valence-corrected chi connectivity index (χ2v) is 3.45. The molecule has 0 fully saturated rings. The molecule has 1 atom stereocenters. The van der Waals surface area contributed by atoms with Gasteiger partial charge in [-0.15, -0.1) is 0 Å². The number of rotatable bonds is 5. The van der Waals surface area contributed by atoms with E-state index in [4.69, 9.17) is 4.52 Å². The Labute approximate surface area is 63.1 Å². The first-order valence-corrected chi connectivity index (χ1v) is 5.10. The standard InChI is InChI=1S/C7H15O2P/c1-3-5-6-7-10(8)9-4-2/h3,5,10H,4,6-7H2,1-2H3. The van der Waals surface area contributed by atoms with Crippen LogP contribution >= 0.6 is 8.03 Å². The highest BCUT2D eigenvalue weighted by Crippen LogP contribution is 2.22. The molecule has 0 saturated carbocycles. The topological polar surface area (TPSA) is 26.3 Å². The third-order valence-corrected chi connectivity index (χ3v) is 2.36. The van der Waals surface area contributed by atoms with Crippen LogP contribution in [0.3, 0.4) is 0 Å². The van der Waals surface area contributed by atoms with Crippen molar-refractivity contribution in [3.8, 4) is 0 Å². The van der Waals surface area contributed by atoms with E-state index in [0.717, 1.165) is 6.42 Å². The van der Waals surface area contributed by atoms with Crippen LogP contribution in [0.25, 0.3) is 0 Å². The van der Waals surface area contributed by atoms with Crippen molar-refractivity contribution in [2.75, 3.05) is 12.8 Å². The maximum absolute atomic E-state index is 10.8. The van der Waals surface area contributed by atoms with E-state index >= 15 is 0 Å². The average Bonchev–Trinajstić information content (AvgIpc) is 1.89. The molecule has 0 aromatic carbocycles. The van der Waals surface area contributed by atoms with Crippen LogP contribution in [0.4, 0.5) is 0 Å². The minimum absolute atomic E-state index is 0.563. The largest absolute Gasteiger partial charge is 0.331 e. The highest BCUT2D eigenvalue weighted by molar-refractivity contribution is 7.39. The first-order valence-electron chi connectivity index (χ1n) is 3.58. The van der Waals surface area contributed by atoms with E-state index in [1.165, 1.54) is 0 Å². The van der Waals surface area contributed by atoms with Crippen molar-refractivity contribution in [2.24, 2.45) is 0 Å². The van der Waals surface area contributed by atoms with Gasteiger partial charge in [0, 0.05) is 6.16 Å². The summed E-state index contributed by atoms with van der Waals surface area (Å²) in [5.74, 6) is 0. The van der Waals surface area contributed by atoms with Crippen LogP contribution in [0, 0.1) is 0 Å². The van der Waals surface area contributed by atoms with Gasteiger partial charge in [0.05, 0.1) is 6.61 Å². The maximum atomic E-state index is 10.8. The summed E-state index contributed by atoms with van der Waals surface area (Å²) in [7, 11) is -1.71. The van der Waals surface area contributed by atoms with Gasteiger partial charge in [-0.3, -0.25) is 4.57 Å². The molecule has 0 aliphatic heterocycles. The molecule has 0 radical (unpaired) electrons. The van der Waals surface area contributed by atoms with Gasteiger partial charge < -0.3 is 4.52 Å². The summed E-state index contributed by atoms with van der Waals surface area (Å²) in [6.45, 7) is 4.38. The van der Waals surface area contributed by atoms with Crippen LogP contribution in [0.15, 0.2) is 12.2 Å². The van der Waals surface area contributed by atoms with Crippen LogP contribution in [0.1, 0.15) is 20.3 Å². The lowest BCUT2D eigenvalue weighted by molar-refractivity contribution is 0.350. The zero-order chi connectivity index (χ0) is 7.82. The summed E-state index contributed by atoms with van der Waals surface area (Å²) in [5, 5.41) is 0. The van der Waals surface area contributed by atoms with Gasteiger partial charge in [-0.1, -0.05) is 12.2 Å². The molecular weight excluding hydrogens is 147 g/mol. The van der Waals surface area contributed by atoms with E-state index in [1.807, 2.05) is 26.0 Å². The van der Waals surface area contributed by atoms with Crippen LogP contribution in [0.5, 0.6) is 0 Å². The normalized spacial score (nSPS) is 14.2. The molecule has 0 saturated heterocycles. The second kappa shape index (κ2) is 7.04. The molecule has 0 aromatic heterocycles. The molecule has 0 spiro atoms. The molecule has 3 heteroatoms. The molecule has 60 valence electrons. The Morgan fingerprint density at radius 2 is 2.30 bits per heavy atom. The van der Waals surface area contributed by atoms with E-state index < -0.39 is 8.03 Å². The van der Waals surface area contributed by atoms with Gasteiger partial charge in [0.2, 0.25) is 0 Å². The molecule has 0 rings (SSSR count). The Hall–Kier alpha value is -0.0700. The SMILES string of the molecule is CC=CCC[PH](=O)OCC. The Balaban J connectivity index is 3.21. The third-order valence-electron chi connectivity index (χ3n) is 1.06. The van der Waals surface area contributed by atoms with E-state index in [2.05, 4.69) is 0 Å². The van der Waals surface area contributed by atoms with Crippen molar-refractivity contribution in [1.29, 1.82) is 0 Å². The van der Waals surface area contributed by atoms with Crippen molar-refractivity contribution in [1.82, 2.24) is 0 Å². The lowest BCUT2D eigenvalue weighted by Gasteiger charge is -1.97. The maximum Gasteiger partial charge on any atom is 0.191 e. The predicted molar refractivity (Wildman–Crippen MR) is 44.9 cm³/mol. The summed E-state index contributed by atoms with van der Waals surface area (Å²) in [4.78, 5) is 0. The summed E-state index contributed by atoms with van der Waals surface area (Å²) in [6.07, 6.45) is 5.51. The summed E-state index contributed by atoms with van der Waals surface area (Å²) >= 11 is 0. The fourth-order valence-corrected chi connectivity index (χ4v) is 1.47. The van der Waals surface area contributed by atoms with Crippen molar-refractivity contribution >= 4 is 8.03 Å². The molecule has 0 heterocycles. The molecule has 0 aromatic rings. The minimum Gasteiger partial charge on any atom is -0.331 e. The first-order chi connectivity index (χ1) is 4.81. The van der Waals surface area contributed by atoms with Crippen molar-refractivity contribution in [2.45, 2.75) is 20.3 Å². The van der Waals surface area contributed by atoms with Gasteiger partial charge >= 0.3 is 0 Å². The van der Waals surface area contributed by atoms with Crippen LogP contribution in [0.2, 0.25) is 0 Å². The Bertz CT molecular complexity index is 121. The zero-order valence-corrected chi connectivity index (χ0v) is 7.59. The smallest absolute Gasteiger partial charge is 0.191 e. The molecule has 0 N–H and O–H groups in total. The Morgan fingerprint density at radius 3 is 2.80 bits per heavy atom. The molecule has 0 amide bonds. The molecule has 1 unspecified atom stereocenters. The number of hydrogen-bond acceptors (Lipinski definition) is 2. The zero-order valence-electron chi connectivity index (χ0n) is 6.59. The van der Waals surface area contributed by atoms with Crippen LogP contribution < -0.4 is 0 Å². The predicted octanol–water partition coefficient (Wildman–Crippen LogP) is 2.46. The molecular formula is C7H15O2P. The number of hydrogen-bond donors (Lipinski definition) is 0. The molecule has 0 aliphatic carbocycles. The Morgan fingerprint density at radius 1 is 1.60 bits per heavy atom. The fraction of sp³-hybridized carbons (Fsp3) is 0.714. The van der Waals surface area contributed by atoms with Gasteiger partial charge in [0.1, 0.15) is 0 Å². The minimum atomic E-state index is -1.71. The van der Waals surface area contributed by atoms with Gasteiger partial charge in [-0.25, -0.2) is 0 Å². The second-order valence-electron chi connectivity index (χ2n) is 1.91. The van der Waals surface area contributed by atoms with Gasteiger partial charge in [-0.2, -0.15) is 0 Å². The van der Waals surface area contributed by atoms with Crippen molar-refractivity contribution in [3.05, 3.63) is 12.2 Å². The van der Waals surface area contributed by atoms with Crippen molar-refractivity contribution < 1.29 is 9.09 Å². The van der Waals surface area contributed by atoms with Crippen LogP contribution in [-0.2, 0) is 9.09 Å². The van der Waals surface area contributed by atoms with E-state index in [-0.39, 0.29) is 0 Å². The van der Waals surface area contributed by atoms with Gasteiger partial charge in [0.15, 0.2) is 8.03 Å². The van der Waals surface area contributed by atoms with Crippen LogP contribution in [-0.4, -0.2) is 12.8 Å². The fourth-order valence-electron chi connectivity index (χ4n) is 0.601. The van der Waals surface area contributed by atoms with Gasteiger partial charge in [-0.05, 0) is 20.3 Å². The first kappa shape index (κ1) is 9.93. The quantitative estimate of drug-likeness (QED) is 0.458. The van der Waals surface area contributed by atoms with Gasteiger partial charge in [0.25, 0.3) is 0 Å². The monoisotopic (exact) mass is 162 g/mol. The molecule has 10 heavy (non-hydrogen) atoms. The summed E-state index contributed by atoms with van der Waals surface area (Å²) in [5.41, 5.74) is 0. The lowest BCUT2D eigenvalue weighted by Crippen LogP contribution is -1.81. The molecule has 2 nitrogen and oxygen atoms in total. The lowest BCUT2D eigenvalue weighted by atomic mass is 10.4. The summed E-state index contributed by atoms with van der Waals surface area (Å²) in [6, 6.07) is 0. The van der Waals surface area contributed by atoms with E-state index in [1.54, 1.807) is 0 Å². The Kier molecular flexibility index (Phi) is 6.99. The summed E-state index contributed by atoms with van der Waals surface area (Å²) < 4.78 is 15.7. The molecule has 0 aliphatic rings. The third kappa shape index (κ3) is 6.06. The highest BCUT2D eigenvalue weighted by atomic mass is 31.1. The average molecular weight is 162 g/mol. The van der Waals surface area contributed by atoms with E-state index in [0.29, 0.717) is 12.8 Å². The van der Waals surface area contributed by atoms with Crippen molar-refractivity contribution in [3.63, 3.8) is 0 Å². The number of allylic oxidation sites excluding steroid dienone is 2. The van der Waals surface area contributed by atoms with E-state index in [9.17, 15) is 4.57 Å². The highest BCUT2D eigenvalue weighted by Gasteiger charge is 1.93. The molecule has 0 bridgehead atoms.